The van der Waals surface area contributed by atoms with Gasteiger partial charge in [-0.15, -0.1) is 0 Å². The molecule has 0 fully saturated rings. The third-order valence-corrected chi connectivity index (χ3v) is 3.24. The van der Waals surface area contributed by atoms with Crippen LogP contribution in [0.25, 0.3) is 0 Å². The number of aliphatic hydroxyl groups is 1. The van der Waals surface area contributed by atoms with Crippen molar-refractivity contribution in [2.24, 2.45) is 0 Å². The molecule has 1 aromatic rings. The van der Waals surface area contributed by atoms with Gasteiger partial charge in [-0.2, -0.15) is 0 Å². The average Bonchev–Trinajstić information content (AvgIpc) is 2.56. The summed E-state index contributed by atoms with van der Waals surface area (Å²) in [6.07, 6.45) is -1.57. The normalized spacial score (nSPS) is 14.4. The Balaban J connectivity index is 1.76. The van der Waals surface area contributed by atoms with Crippen LogP contribution in [-0.4, -0.2) is 49.0 Å². The SMILES string of the molecule is CC(C)(C)OC(=O)NCC(=O)NCC(O)c1ccc2c(c1)OCCO2. The van der Waals surface area contributed by atoms with Crippen LogP contribution < -0.4 is 20.1 Å². The van der Waals surface area contributed by atoms with Crippen molar-refractivity contribution in [1.82, 2.24) is 10.6 Å². The number of amides is 2. The maximum absolute atomic E-state index is 11.7. The Labute approximate surface area is 146 Å². The van der Waals surface area contributed by atoms with E-state index in [9.17, 15) is 14.7 Å². The minimum atomic E-state index is -0.902. The lowest BCUT2D eigenvalue weighted by atomic mass is 10.1. The number of fused-ring (bicyclic) bond motifs is 1. The Bertz CT molecular complexity index is 626. The summed E-state index contributed by atoms with van der Waals surface area (Å²) in [7, 11) is 0. The summed E-state index contributed by atoms with van der Waals surface area (Å²) >= 11 is 0. The molecule has 0 aliphatic carbocycles. The molecule has 0 aromatic heterocycles. The van der Waals surface area contributed by atoms with E-state index in [0.717, 1.165) is 0 Å². The van der Waals surface area contributed by atoms with E-state index in [0.29, 0.717) is 30.3 Å². The summed E-state index contributed by atoms with van der Waals surface area (Å²) < 4.78 is 15.9. The monoisotopic (exact) mass is 352 g/mol. The lowest BCUT2D eigenvalue weighted by Crippen LogP contribution is -2.40. The third kappa shape index (κ3) is 6.15. The van der Waals surface area contributed by atoms with Gasteiger partial charge in [0.25, 0.3) is 0 Å². The minimum Gasteiger partial charge on any atom is -0.486 e. The van der Waals surface area contributed by atoms with Crippen molar-refractivity contribution in [3.05, 3.63) is 23.8 Å². The van der Waals surface area contributed by atoms with Crippen molar-refractivity contribution in [2.75, 3.05) is 26.3 Å². The van der Waals surface area contributed by atoms with Crippen LogP contribution in [0, 0.1) is 0 Å². The van der Waals surface area contributed by atoms with Crippen molar-refractivity contribution < 1.29 is 28.9 Å². The summed E-state index contributed by atoms with van der Waals surface area (Å²) in [6, 6.07) is 5.12. The quantitative estimate of drug-likeness (QED) is 0.734. The highest BCUT2D eigenvalue weighted by atomic mass is 16.6. The molecule has 8 heteroatoms. The van der Waals surface area contributed by atoms with Gasteiger partial charge in [0.1, 0.15) is 18.8 Å². The van der Waals surface area contributed by atoms with E-state index in [1.807, 2.05) is 0 Å². The van der Waals surface area contributed by atoms with Gasteiger partial charge in [-0.25, -0.2) is 4.79 Å². The molecule has 0 radical (unpaired) electrons. The summed E-state index contributed by atoms with van der Waals surface area (Å²) in [4.78, 5) is 23.2. The molecular weight excluding hydrogens is 328 g/mol. The number of ether oxygens (including phenoxy) is 3. The number of hydrogen-bond donors (Lipinski definition) is 3. The third-order valence-electron chi connectivity index (χ3n) is 3.24. The van der Waals surface area contributed by atoms with Gasteiger partial charge in [0, 0.05) is 6.54 Å². The number of benzene rings is 1. The summed E-state index contributed by atoms with van der Waals surface area (Å²) in [5, 5.41) is 15.1. The van der Waals surface area contributed by atoms with Crippen molar-refractivity contribution in [1.29, 1.82) is 0 Å². The first-order chi connectivity index (χ1) is 11.7. The summed E-state index contributed by atoms with van der Waals surface area (Å²) in [5.74, 6) is 0.774. The van der Waals surface area contributed by atoms with Gasteiger partial charge >= 0.3 is 6.09 Å². The highest BCUT2D eigenvalue weighted by molar-refractivity contribution is 5.82. The van der Waals surface area contributed by atoms with Crippen LogP contribution in [0.3, 0.4) is 0 Å². The molecule has 1 aliphatic rings. The molecule has 2 rings (SSSR count). The zero-order chi connectivity index (χ0) is 18.4. The van der Waals surface area contributed by atoms with E-state index in [-0.39, 0.29) is 13.1 Å². The molecule has 1 unspecified atom stereocenters. The Morgan fingerprint density at radius 1 is 1.20 bits per heavy atom. The highest BCUT2D eigenvalue weighted by Crippen LogP contribution is 2.32. The fraction of sp³-hybridized carbons (Fsp3) is 0.529. The Hall–Kier alpha value is -2.48. The molecule has 0 saturated carbocycles. The van der Waals surface area contributed by atoms with E-state index >= 15 is 0 Å². The first-order valence-corrected chi connectivity index (χ1v) is 8.06. The lowest BCUT2D eigenvalue weighted by Gasteiger charge is -2.20. The topological polar surface area (TPSA) is 106 Å². The number of carbonyl (C=O) groups is 2. The number of rotatable bonds is 5. The molecule has 138 valence electrons. The Morgan fingerprint density at radius 3 is 2.56 bits per heavy atom. The van der Waals surface area contributed by atoms with E-state index in [4.69, 9.17) is 14.2 Å². The molecule has 1 heterocycles. The van der Waals surface area contributed by atoms with Gasteiger partial charge in [-0.1, -0.05) is 6.07 Å². The summed E-state index contributed by atoms with van der Waals surface area (Å²) in [5.41, 5.74) is -0.0284. The molecule has 8 nitrogen and oxygen atoms in total. The molecule has 0 saturated heterocycles. The molecule has 1 atom stereocenters. The van der Waals surface area contributed by atoms with Gasteiger partial charge < -0.3 is 30.0 Å². The smallest absolute Gasteiger partial charge is 0.408 e. The molecule has 3 N–H and O–H groups in total. The molecule has 1 aromatic carbocycles. The Morgan fingerprint density at radius 2 is 1.88 bits per heavy atom. The first kappa shape index (κ1) is 18.9. The number of alkyl carbamates (subject to hydrolysis) is 1. The van der Waals surface area contributed by atoms with Crippen LogP contribution in [0.2, 0.25) is 0 Å². The van der Waals surface area contributed by atoms with Gasteiger partial charge in [0.15, 0.2) is 11.5 Å². The molecule has 25 heavy (non-hydrogen) atoms. The van der Waals surface area contributed by atoms with Crippen molar-refractivity contribution in [2.45, 2.75) is 32.5 Å². The second-order valence-electron chi connectivity index (χ2n) is 6.58. The van der Waals surface area contributed by atoms with E-state index in [1.165, 1.54) is 0 Å². The number of nitrogens with one attached hydrogen (secondary N) is 2. The van der Waals surface area contributed by atoms with Crippen molar-refractivity contribution in [3.63, 3.8) is 0 Å². The molecular formula is C17H24N2O6. The maximum atomic E-state index is 11.7. The first-order valence-electron chi connectivity index (χ1n) is 8.06. The number of hydrogen-bond acceptors (Lipinski definition) is 6. The zero-order valence-electron chi connectivity index (χ0n) is 14.6. The highest BCUT2D eigenvalue weighted by Gasteiger charge is 2.18. The lowest BCUT2D eigenvalue weighted by molar-refractivity contribution is -0.120. The molecule has 0 spiro atoms. The molecule has 1 aliphatic heterocycles. The number of carbonyl (C=O) groups excluding carboxylic acids is 2. The van der Waals surface area contributed by atoms with Crippen LogP contribution in [0.15, 0.2) is 18.2 Å². The fourth-order valence-corrected chi connectivity index (χ4v) is 2.12. The van der Waals surface area contributed by atoms with E-state index < -0.39 is 23.7 Å². The van der Waals surface area contributed by atoms with E-state index in [2.05, 4.69) is 10.6 Å². The fourth-order valence-electron chi connectivity index (χ4n) is 2.12. The number of aliphatic hydroxyl groups excluding tert-OH is 1. The predicted octanol–water partition coefficient (Wildman–Crippen LogP) is 1.13. The average molecular weight is 352 g/mol. The van der Waals surface area contributed by atoms with Crippen LogP contribution in [-0.2, 0) is 9.53 Å². The Kier molecular flexibility index (Phi) is 6.08. The van der Waals surface area contributed by atoms with Crippen molar-refractivity contribution >= 4 is 12.0 Å². The van der Waals surface area contributed by atoms with E-state index in [1.54, 1.807) is 39.0 Å². The molecule has 0 bridgehead atoms. The zero-order valence-corrected chi connectivity index (χ0v) is 14.6. The van der Waals surface area contributed by atoms with Crippen LogP contribution in [0.5, 0.6) is 11.5 Å². The summed E-state index contributed by atoms with van der Waals surface area (Å²) in [6.45, 7) is 5.93. The largest absolute Gasteiger partial charge is 0.486 e. The predicted molar refractivity (Wildman–Crippen MR) is 89.6 cm³/mol. The maximum Gasteiger partial charge on any atom is 0.408 e. The van der Waals surface area contributed by atoms with Gasteiger partial charge in [0.2, 0.25) is 5.91 Å². The molecule has 2 amide bonds. The second-order valence-corrected chi connectivity index (χ2v) is 6.58. The van der Waals surface area contributed by atoms with Crippen LogP contribution in [0.1, 0.15) is 32.4 Å². The van der Waals surface area contributed by atoms with Gasteiger partial charge in [0.05, 0.1) is 12.6 Å². The van der Waals surface area contributed by atoms with Crippen LogP contribution >= 0.6 is 0 Å². The van der Waals surface area contributed by atoms with Gasteiger partial charge in [-0.05, 0) is 38.5 Å². The van der Waals surface area contributed by atoms with Crippen LogP contribution in [0.4, 0.5) is 4.79 Å². The minimum absolute atomic E-state index is 0.00841. The standard InChI is InChI=1S/C17H24N2O6/c1-17(2,3)25-16(22)19-10-15(21)18-9-12(20)11-4-5-13-14(8-11)24-7-6-23-13/h4-5,8,12,20H,6-7,9-10H2,1-3H3,(H,18,21)(H,19,22). The second kappa shape index (κ2) is 8.06. The van der Waals surface area contributed by atoms with Gasteiger partial charge in [-0.3, -0.25) is 4.79 Å². The van der Waals surface area contributed by atoms with Crippen molar-refractivity contribution in [3.8, 4) is 11.5 Å².